The Balaban J connectivity index is 2.23. The third kappa shape index (κ3) is 3.31. The number of nitrogens with zero attached hydrogens (tertiary/aromatic N) is 1. The van der Waals surface area contributed by atoms with E-state index in [4.69, 9.17) is 9.84 Å². The van der Waals surface area contributed by atoms with Crippen molar-refractivity contribution in [3.63, 3.8) is 0 Å². The molecule has 1 aromatic heterocycles. The van der Waals surface area contributed by atoms with Gasteiger partial charge in [-0.15, -0.1) is 0 Å². The number of carboxylic acid groups (broad SMARTS) is 1. The van der Waals surface area contributed by atoms with Gasteiger partial charge in [0.15, 0.2) is 5.75 Å². The van der Waals surface area contributed by atoms with E-state index < -0.39 is 11.4 Å². The topological polar surface area (TPSA) is 68.5 Å². The molecule has 0 unspecified atom stereocenters. The summed E-state index contributed by atoms with van der Waals surface area (Å²) in [4.78, 5) is 22.8. The summed E-state index contributed by atoms with van der Waals surface area (Å²) in [6, 6.07) is 8.93. The largest absolute Gasteiger partial charge is 0.483 e. The minimum Gasteiger partial charge on any atom is -0.483 e. The Morgan fingerprint density at radius 1 is 1.29 bits per heavy atom. The Labute approximate surface area is 122 Å². The fourth-order valence-electron chi connectivity index (χ4n) is 2.13. The van der Waals surface area contributed by atoms with E-state index in [1.807, 2.05) is 24.3 Å². The third-order valence-corrected chi connectivity index (χ3v) is 3.30. The van der Waals surface area contributed by atoms with Crippen LogP contribution in [0.25, 0.3) is 0 Å². The van der Waals surface area contributed by atoms with E-state index in [-0.39, 0.29) is 18.1 Å². The monoisotopic (exact) mass is 287 g/mol. The van der Waals surface area contributed by atoms with Crippen LogP contribution in [-0.2, 0) is 20.1 Å². The highest BCUT2D eigenvalue weighted by atomic mass is 16.5. The number of pyridine rings is 1. The smallest absolute Gasteiger partial charge is 0.352 e. The van der Waals surface area contributed by atoms with Crippen LogP contribution in [0, 0.1) is 0 Å². The summed E-state index contributed by atoms with van der Waals surface area (Å²) in [5.74, 6) is -0.995. The predicted octanol–water partition coefficient (Wildman–Crippen LogP) is 2.22. The van der Waals surface area contributed by atoms with Gasteiger partial charge in [-0.25, -0.2) is 4.79 Å². The molecule has 1 aromatic carbocycles. The average molecular weight is 287 g/mol. The van der Waals surface area contributed by atoms with Gasteiger partial charge in [0.25, 0.3) is 0 Å². The van der Waals surface area contributed by atoms with E-state index in [0.717, 1.165) is 23.6 Å². The Morgan fingerprint density at radius 2 is 1.95 bits per heavy atom. The lowest BCUT2D eigenvalue weighted by atomic mass is 10.1. The summed E-state index contributed by atoms with van der Waals surface area (Å²) in [5.41, 5.74) is 1.68. The SMILES string of the molecule is CCc1ccccc1COc1cn(C)c(C(=O)O)cc1=O. The van der Waals surface area contributed by atoms with Crippen LogP contribution in [0.5, 0.6) is 5.75 Å². The van der Waals surface area contributed by atoms with Crippen molar-refractivity contribution in [2.45, 2.75) is 20.0 Å². The van der Waals surface area contributed by atoms with E-state index in [1.165, 1.54) is 10.8 Å². The maximum absolute atomic E-state index is 11.9. The first-order chi connectivity index (χ1) is 10.0. The number of carboxylic acids is 1. The second kappa shape index (κ2) is 6.26. The predicted molar refractivity (Wildman–Crippen MR) is 78.8 cm³/mol. The van der Waals surface area contributed by atoms with Crippen molar-refractivity contribution in [3.05, 3.63) is 63.6 Å². The molecule has 2 aromatic rings. The Morgan fingerprint density at radius 3 is 2.57 bits per heavy atom. The van der Waals surface area contributed by atoms with Gasteiger partial charge in [0.2, 0.25) is 5.43 Å². The van der Waals surface area contributed by atoms with E-state index in [0.29, 0.717) is 0 Å². The molecular formula is C16H17NO4. The molecule has 5 nitrogen and oxygen atoms in total. The van der Waals surface area contributed by atoms with Crippen molar-refractivity contribution in [2.75, 3.05) is 0 Å². The van der Waals surface area contributed by atoms with Crippen LogP contribution in [0.3, 0.4) is 0 Å². The lowest BCUT2D eigenvalue weighted by Crippen LogP contribution is -2.16. The molecule has 1 heterocycles. The fourth-order valence-corrected chi connectivity index (χ4v) is 2.13. The van der Waals surface area contributed by atoms with Gasteiger partial charge in [0.05, 0.1) is 6.20 Å². The van der Waals surface area contributed by atoms with Gasteiger partial charge in [0, 0.05) is 13.1 Å². The molecular weight excluding hydrogens is 270 g/mol. The third-order valence-electron chi connectivity index (χ3n) is 3.30. The summed E-state index contributed by atoms with van der Waals surface area (Å²) >= 11 is 0. The zero-order valence-electron chi connectivity index (χ0n) is 12.0. The van der Waals surface area contributed by atoms with E-state index in [9.17, 15) is 9.59 Å². The number of aromatic nitrogens is 1. The molecule has 2 rings (SSSR count). The first-order valence-electron chi connectivity index (χ1n) is 6.66. The molecule has 110 valence electrons. The Bertz CT molecular complexity index is 718. The van der Waals surface area contributed by atoms with Crippen LogP contribution in [0.15, 0.2) is 41.3 Å². The number of hydrogen-bond donors (Lipinski definition) is 1. The Hall–Kier alpha value is -2.56. The molecule has 0 saturated heterocycles. The number of hydrogen-bond acceptors (Lipinski definition) is 3. The first kappa shape index (κ1) is 14.8. The summed E-state index contributed by atoms with van der Waals surface area (Å²) in [7, 11) is 1.57. The molecule has 0 radical (unpaired) electrons. The van der Waals surface area contributed by atoms with E-state index in [2.05, 4.69) is 6.92 Å². The second-order valence-corrected chi connectivity index (χ2v) is 4.71. The summed E-state index contributed by atoms with van der Waals surface area (Å²) in [6.07, 6.45) is 2.29. The molecule has 0 fully saturated rings. The summed E-state index contributed by atoms with van der Waals surface area (Å²) < 4.78 is 6.92. The molecule has 5 heteroatoms. The van der Waals surface area contributed by atoms with Crippen LogP contribution >= 0.6 is 0 Å². The van der Waals surface area contributed by atoms with E-state index in [1.54, 1.807) is 7.05 Å². The van der Waals surface area contributed by atoms with Crippen LogP contribution in [0.4, 0.5) is 0 Å². The fraction of sp³-hybridized carbons (Fsp3) is 0.250. The maximum Gasteiger partial charge on any atom is 0.352 e. The van der Waals surface area contributed by atoms with E-state index >= 15 is 0 Å². The quantitative estimate of drug-likeness (QED) is 0.915. The molecule has 0 atom stereocenters. The molecule has 0 spiro atoms. The molecule has 0 aliphatic rings. The van der Waals surface area contributed by atoms with Crippen molar-refractivity contribution in [1.29, 1.82) is 0 Å². The van der Waals surface area contributed by atoms with Crippen molar-refractivity contribution < 1.29 is 14.6 Å². The molecule has 21 heavy (non-hydrogen) atoms. The number of carbonyl (C=O) groups is 1. The number of benzene rings is 1. The minimum absolute atomic E-state index is 0.0682. The van der Waals surface area contributed by atoms with Gasteiger partial charge in [-0.3, -0.25) is 4.79 Å². The lowest BCUT2D eigenvalue weighted by Gasteiger charge is -2.11. The van der Waals surface area contributed by atoms with Crippen molar-refractivity contribution >= 4 is 5.97 Å². The van der Waals surface area contributed by atoms with Gasteiger partial charge < -0.3 is 14.4 Å². The number of aromatic carboxylic acids is 1. The highest BCUT2D eigenvalue weighted by Crippen LogP contribution is 2.13. The zero-order chi connectivity index (χ0) is 15.4. The van der Waals surface area contributed by atoms with Crippen LogP contribution in [0.2, 0.25) is 0 Å². The van der Waals surface area contributed by atoms with Crippen LogP contribution in [0.1, 0.15) is 28.5 Å². The van der Waals surface area contributed by atoms with Crippen molar-refractivity contribution in [2.24, 2.45) is 7.05 Å². The normalized spacial score (nSPS) is 10.4. The molecule has 0 aliphatic carbocycles. The van der Waals surface area contributed by atoms with Gasteiger partial charge in [0.1, 0.15) is 12.3 Å². The van der Waals surface area contributed by atoms with Gasteiger partial charge in [-0.1, -0.05) is 31.2 Å². The number of aryl methyl sites for hydroxylation is 2. The highest BCUT2D eigenvalue weighted by molar-refractivity contribution is 5.85. The molecule has 1 N–H and O–H groups in total. The molecule has 0 aliphatic heterocycles. The minimum atomic E-state index is -1.14. The van der Waals surface area contributed by atoms with Crippen molar-refractivity contribution in [1.82, 2.24) is 4.57 Å². The first-order valence-corrected chi connectivity index (χ1v) is 6.66. The Kier molecular flexibility index (Phi) is 4.42. The van der Waals surface area contributed by atoms with Gasteiger partial charge in [-0.05, 0) is 17.5 Å². The average Bonchev–Trinajstić information content (AvgIpc) is 2.47. The lowest BCUT2D eigenvalue weighted by molar-refractivity contribution is 0.0685. The van der Waals surface area contributed by atoms with Crippen LogP contribution in [-0.4, -0.2) is 15.6 Å². The zero-order valence-corrected chi connectivity index (χ0v) is 12.0. The molecule has 0 bridgehead atoms. The standard InChI is InChI=1S/C16H17NO4/c1-3-11-6-4-5-7-12(11)10-21-15-9-17(2)13(16(19)20)8-14(15)18/h4-9H,3,10H2,1-2H3,(H,19,20). The summed E-state index contributed by atoms with van der Waals surface area (Å²) in [6.45, 7) is 2.34. The van der Waals surface area contributed by atoms with Gasteiger partial charge in [-0.2, -0.15) is 0 Å². The second-order valence-electron chi connectivity index (χ2n) is 4.71. The number of ether oxygens (including phenoxy) is 1. The van der Waals surface area contributed by atoms with Gasteiger partial charge >= 0.3 is 5.97 Å². The highest BCUT2D eigenvalue weighted by Gasteiger charge is 2.11. The van der Waals surface area contributed by atoms with Crippen LogP contribution < -0.4 is 10.2 Å². The molecule has 0 amide bonds. The van der Waals surface area contributed by atoms with Crippen molar-refractivity contribution in [3.8, 4) is 5.75 Å². The number of rotatable bonds is 5. The molecule has 0 saturated carbocycles. The summed E-state index contributed by atoms with van der Waals surface area (Å²) in [5, 5.41) is 8.96. The maximum atomic E-state index is 11.9.